The monoisotopic (exact) mass is 290 g/mol. The summed E-state index contributed by atoms with van der Waals surface area (Å²) in [7, 11) is 0. The number of anilines is 1. The number of thiazole rings is 1. The fourth-order valence-corrected chi connectivity index (χ4v) is 3.33. The summed E-state index contributed by atoms with van der Waals surface area (Å²) >= 11 is 1.49. The Kier molecular flexibility index (Phi) is 3.31. The molecule has 1 aliphatic carbocycles. The molecule has 0 radical (unpaired) electrons. The van der Waals surface area contributed by atoms with E-state index in [1.807, 2.05) is 0 Å². The van der Waals surface area contributed by atoms with Crippen LogP contribution in [-0.2, 0) is 12.8 Å². The van der Waals surface area contributed by atoms with Crippen LogP contribution in [0.3, 0.4) is 0 Å². The lowest BCUT2D eigenvalue weighted by molar-refractivity contribution is 0.102. The number of fused-ring (bicyclic) bond motifs is 1. The van der Waals surface area contributed by atoms with Crippen molar-refractivity contribution >= 4 is 22.4 Å². The van der Waals surface area contributed by atoms with E-state index in [-0.39, 0.29) is 17.1 Å². The molecule has 3 rings (SSSR count). The Morgan fingerprint density at radius 1 is 1.25 bits per heavy atom. The van der Waals surface area contributed by atoms with Crippen LogP contribution >= 0.6 is 11.3 Å². The molecule has 2 aromatic rings. The number of rotatable bonds is 2. The molecule has 0 unspecified atom stereocenters. The summed E-state index contributed by atoms with van der Waals surface area (Å²) in [5.41, 5.74) is 1.20. The fourth-order valence-electron chi connectivity index (χ4n) is 2.28. The maximum Gasteiger partial charge on any atom is 0.261 e. The van der Waals surface area contributed by atoms with Gasteiger partial charge in [0, 0.05) is 10.9 Å². The highest BCUT2D eigenvalue weighted by Crippen LogP contribution is 2.30. The zero-order valence-corrected chi connectivity index (χ0v) is 11.5. The minimum Gasteiger partial charge on any atom is -0.508 e. The number of aromatic nitrogens is 1. The summed E-state index contributed by atoms with van der Waals surface area (Å²) in [6.07, 6.45) is 4.30. The molecule has 1 aromatic heterocycles. The van der Waals surface area contributed by atoms with Crippen molar-refractivity contribution in [3.63, 3.8) is 0 Å². The standard InChI is InChI=1S/C14H14N2O3S/c17-8-5-6-9(11(18)7-8)13(19)16-14-15-10-3-1-2-4-12(10)20-14/h5-7,17-18H,1-4H2,(H,15,16,19). The zero-order chi connectivity index (χ0) is 14.1. The number of amides is 1. The van der Waals surface area contributed by atoms with E-state index in [0.29, 0.717) is 5.13 Å². The number of aromatic hydroxyl groups is 2. The van der Waals surface area contributed by atoms with Crippen LogP contribution in [0, 0.1) is 0 Å². The van der Waals surface area contributed by atoms with Crippen LogP contribution in [0.25, 0.3) is 0 Å². The van der Waals surface area contributed by atoms with Crippen molar-refractivity contribution in [1.82, 2.24) is 4.98 Å². The zero-order valence-electron chi connectivity index (χ0n) is 10.7. The lowest BCUT2D eigenvalue weighted by atomic mass is 10.0. The molecule has 0 spiro atoms. The number of nitrogens with zero attached hydrogens (tertiary/aromatic N) is 1. The molecule has 104 valence electrons. The number of phenols is 2. The molecule has 0 saturated heterocycles. The predicted molar refractivity (Wildman–Crippen MR) is 76.5 cm³/mol. The molecule has 0 aliphatic heterocycles. The smallest absolute Gasteiger partial charge is 0.261 e. The minimum absolute atomic E-state index is 0.0798. The molecule has 3 N–H and O–H groups in total. The van der Waals surface area contributed by atoms with Crippen LogP contribution in [0.15, 0.2) is 18.2 Å². The van der Waals surface area contributed by atoms with Gasteiger partial charge >= 0.3 is 0 Å². The Bertz CT molecular complexity index is 643. The Morgan fingerprint density at radius 2 is 2.05 bits per heavy atom. The number of benzene rings is 1. The maximum atomic E-state index is 12.1. The summed E-state index contributed by atoms with van der Waals surface area (Å²) in [6.45, 7) is 0. The third kappa shape index (κ3) is 2.46. The highest BCUT2D eigenvalue weighted by atomic mass is 32.1. The van der Waals surface area contributed by atoms with E-state index in [4.69, 9.17) is 0 Å². The van der Waals surface area contributed by atoms with Crippen molar-refractivity contribution < 1.29 is 15.0 Å². The number of carbonyl (C=O) groups is 1. The van der Waals surface area contributed by atoms with Crippen LogP contribution in [0.2, 0.25) is 0 Å². The van der Waals surface area contributed by atoms with Crippen LogP contribution < -0.4 is 5.32 Å². The number of carbonyl (C=O) groups excluding carboxylic acids is 1. The minimum atomic E-state index is -0.423. The summed E-state index contributed by atoms with van der Waals surface area (Å²) in [5, 5.41) is 22.1. The first-order valence-corrected chi connectivity index (χ1v) is 7.27. The SMILES string of the molecule is O=C(Nc1nc2c(s1)CCCC2)c1ccc(O)cc1O. The Labute approximate surface area is 119 Å². The molecule has 1 heterocycles. The quantitative estimate of drug-likeness (QED) is 0.794. The highest BCUT2D eigenvalue weighted by molar-refractivity contribution is 7.15. The van der Waals surface area contributed by atoms with E-state index >= 15 is 0 Å². The van der Waals surface area contributed by atoms with E-state index in [9.17, 15) is 15.0 Å². The first kappa shape index (κ1) is 12.9. The maximum absolute atomic E-state index is 12.1. The second-order valence-electron chi connectivity index (χ2n) is 4.75. The molecule has 5 nitrogen and oxygen atoms in total. The third-order valence-electron chi connectivity index (χ3n) is 3.29. The van der Waals surface area contributed by atoms with Gasteiger partial charge in [-0.2, -0.15) is 0 Å². The first-order valence-electron chi connectivity index (χ1n) is 6.45. The van der Waals surface area contributed by atoms with Crippen molar-refractivity contribution in [1.29, 1.82) is 0 Å². The Hall–Kier alpha value is -2.08. The fraction of sp³-hybridized carbons (Fsp3) is 0.286. The molecule has 20 heavy (non-hydrogen) atoms. The van der Waals surface area contributed by atoms with Crippen molar-refractivity contribution in [2.75, 3.05) is 5.32 Å². The number of nitrogens with one attached hydrogen (secondary N) is 1. The van der Waals surface area contributed by atoms with Crippen LogP contribution in [0.4, 0.5) is 5.13 Å². The van der Waals surface area contributed by atoms with Crippen molar-refractivity contribution in [3.05, 3.63) is 34.3 Å². The topological polar surface area (TPSA) is 82.5 Å². The summed E-state index contributed by atoms with van der Waals surface area (Å²) in [5.74, 6) is -0.749. The molecule has 1 amide bonds. The van der Waals surface area contributed by atoms with E-state index in [2.05, 4.69) is 10.3 Å². The van der Waals surface area contributed by atoms with Gasteiger partial charge in [-0.05, 0) is 37.8 Å². The lowest BCUT2D eigenvalue weighted by Crippen LogP contribution is -2.11. The molecule has 0 saturated carbocycles. The van der Waals surface area contributed by atoms with Gasteiger partial charge in [-0.1, -0.05) is 0 Å². The average Bonchev–Trinajstić information content (AvgIpc) is 2.80. The summed E-state index contributed by atoms with van der Waals surface area (Å²) < 4.78 is 0. The van der Waals surface area contributed by atoms with Gasteiger partial charge in [0.15, 0.2) is 5.13 Å². The van der Waals surface area contributed by atoms with Crippen LogP contribution in [0.1, 0.15) is 33.8 Å². The third-order valence-corrected chi connectivity index (χ3v) is 4.36. The van der Waals surface area contributed by atoms with Crippen molar-refractivity contribution in [3.8, 4) is 11.5 Å². The van der Waals surface area contributed by atoms with Gasteiger partial charge in [0.1, 0.15) is 11.5 Å². The Morgan fingerprint density at radius 3 is 2.80 bits per heavy atom. The molecule has 1 aliphatic rings. The normalized spacial score (nSPS) is 13.8. The molecule has 0 atom stereocenters. The van der Waals surface area contributed by atoms with E-state index < -0.39 is 5.91 Å². The number of phenolic OH excluding ortho intramolecular Hbond substituents is 2. The molecule has 0 fully saturated rings. The van der Waals surface area contributed by atoms with Gasteiger partial charge in [0.05, 0.1) is 11.3 Å². The predicted octanol–water partition coefficient (Wildman–Crippen LogP) is 2.69. The average molecular weight is 290 g/mol. The lowest BCUT2D eigenvalue weighted by Gasteiger charge is -2.06. The highest BCUT2D eigenvalue weighted by Gasteiger charge is 2.18. The van der Waals surface area contributed by atoms with Gasteiger partial charge in [-0.25, -0.2) is 4.98 Å². The van der Waals surface area contributed by atoms with Gasteiger partial charge in [0.2, 0.25) is 0 Å². The molecule has 0 bridgehead atoms. The van der Waals surface area contributed by atoms with Gasteiger partial charge in [-0.15, -0.1) is 11.3 Å². The number of hydrogen-bond donors (Lipinski definition) is 3. The number of hydrogen-bond acceptors (Lipinski definition) is 5. The van der Waals surface area contributed by atoms with Gasteiger partial charge in [0.25, 0.3) is 5.91 Å². The van der Waals surface area contributed by atoms with Crippen LogP contribution in [0.5, 0.6) is 11.5 Å². The van der Waals surface area contributed by atoms with E-state index in [0.717, 1.165) is 31.0 Å². The van der Waals surface area contributed by atoms with Crippen LogP contribution in [-0.4, -0.2) is 21.1 Å². The van der Waals surface area contributed by atoms with E-state index in [1.54, 1.807) is 0 Å². The largest absolute Gasteiger partial charge is 0.508 e. The van der Waals surface area contributed by atoms with Crippen molar-refractivity contribution in [2.24, 2.45) is 0 Å². The molecular formula is C14H14N2O3S. The molecular weight excluding hydrogens is 276 g/mol. The first-order chi connectivity index (χ1) is 9.63. The second-order valence-corrected chi connectivity index (χ2v) is 5.84. The van der Waals surface area contributed by atoms with Gasteiger partial charge in [-0.3, -0.25) is 10.1 Å². The second kappa shape index (κ2) is 5.13. The number of aryl methyl sites for hydroxylation is 2. The molecule has 6 heteroatoms. The van der Waals surface area contributed by atoms with Gasteiger partial charge < -0.3 is 10.2 Å². The van der Waals surface area contributed by atoms with Crippen molar-refractivity contribution in [2.45, 2.75) is 25.7 Å². The Balaban J connectivity index is 1.80. The summed E-state index contributed by atoms with van der Waals surface area (Å²) in [6, 6.07) is 3.89. The molecule has 1 aromatic carbocycles. The van der Waals surface area contributed by atoms with E-state index in [1.165, 1.54) is 34.8 Å². The summed E-state index contributed by atoms with van der Waals surface area (Å²) in [4.78, 5) is 17.7.